The molecule has 0 aliphatic rings. The summed E-state index contributed by atoms with van der Waals surface area (Å²) in [5.41, 5.74) is 1.49. The molecular weight excluding hydrogens is 418 g/mol. The van der Waals surface area contributed by atoms with E-state index < -0.39 is 0 Å². The predicted molar refractivity (Wildman–Crippen MR) is 119 cm³/mol. The summed E-state index contributed by atoms with van der Waals surface area (Å²) in [4.78, 5) is 16.6. The first-order chi connectivity index (χ1) is 15.2. The largest absolute Gasteiger partial charge is 0.497 e. The fraction of sp³-hybridized carbons (Fsp3) is 0.333. The number of methoxy groups -OCH3 is 3. The van der Waals surface area contributed by atoms with Crippen LogP contribution in [0.4, 0.5) is 5.69 Å². The van der Waals surface area contributed by atoms with Gasteiger partial charge in [-0.05, 0) is 30.7 Å². The maximum atomic E-state index is 12.6. The molecule has 0 unspecified atom stereocenters. The number of anilines is 1. The maximum Gasteiger partial charge on any atom is 0.234 e. The summed E-state index contributed by atoms with van der Waals surface area (Å²) in [5.74, 6) is 1.91. The average molecular weight is 444 g/mol. The number of thioether (sulfide) groups is 1. The highest BCUT2D eigenvalue weighted by Crippen LogP contribution is 2.29. The summed E-state index contributed by atoms with van der Waals surface area (Å²) in [5, 5.41) is 12.2. The first-order valence-corrected chi connectivity index (χ1v) is 10.6. The Morgan fingerprint density at radius 3 is 2.61 bits per heavy atom. The molecule has 3 rings (SSSR count). The smallest absolute Gasteiger partial charge is 0.234 e. The predicted octanol–water partition coefficient (Wildman–Crippen LogP) is 3.12. The van der Waals surface area contributed by atoms with E-state index >= 15 is 0 Å². The van der Waals surface area contributed by atoms with Gasteiger partial charge >= 0.3 is 0 Å². The van der Waals surface area contributed by atoms with Gasteiger partial charge in [-0.25, -0.2) is 0 Å². The molecule has 0 aliphatic heterocycles. The lowest BCUT2D eigenvalue weighted by molar-refractivity contribution is -0.113. The van der Waals surface area contributed by atoms with Crippen LogP contribution in [0.3, 0.4) is 0 Å². The highest BCUT2D eigenvalue weighted by molar-refractivity contribution is 7.99. The number of pyridine rings is 1. The lowest BCUT2D eigenvalue weighted by atomic mass is 10.2. The molecule has 9 nitrogen and oxygen atoms in total. The van der Waals surface area contributed by atoms with E-state index in [0.717, 1.165) is 17.8 Å². The molecule has 0 aliphatic carbocycles. The molecular formula is C21H25N5O4S. The molecule has 0 saturated heterocycles. The highest BCUT2D eigenvalue weighted by Gasteiger charge is 2.16. The Balaban J connectivity index is 1.70. The van der Waals surface area contributed by atoms with Gasteiger partial charge in [0, 0.05) is 44.3 Å². The topological polar surface area (TPSA) is 100 Å². The molecule has 164 valence electrons. The molecule has 31 heavy (non-hydrogen) atoms. The Hall–Kier alpha value is -3.11. The summed E-state index contributed by atoms with van der Waals surface area (Å²) >= 11 is 1.32. The average Bonchev–Trinajstić information content (AvgIpc) is 3.21. The monoisotopic (exact) mass is 443 g/mol. The third-order valence-corrected chi connectivity index (χ3v) is 5.37. The zero-order valence-electron chi connectivity index (χ0n) is 17.7. The van der Waals surface area contributed by atoms with Crippen molar-refractivity contribution in [1.82, 2.24) is 19.7 Å². The first kappa shape index (κ1) is 22.6. The van der Waals surface area contributed by atoms with Crippen molar-refractivity contribution < 1.29 is 19.0 Å². The Labute approximate surface area is 185 Å². The van der Waals surface area contributed by atoms with Crippen LogP contribution in [0.15, 0.2) is 47.9 Å². The van der Waals surface area contributed by atoms with E-state index in [4.69, 9.17) is 14.2 Å². The molecule has 2 aromatic heterocycles. The molecule has 0 bridgehead atoms. The summed E-state index contributed by atoms with van der Waals surface area (Å²) in [6.45, 7) is 1.30. The SMILES string of the molecule is COCCCn1c(SCC(=O)Nc2ccc(OC)cc2OC)nnc1-c1ccncc1. The fourth-order valence-electron chi connectivity index (χ4n) is 2.90. The van der Waals surface area contributed by atoms with E-state index in [9.17, 15) is 4.79 Å². The Morgan fingerprint density at radius 2 is 1.90 bits per heavy atom. The molecule has 0 fully saturated rings. The summed E-state index contributed by atoms with van der Waals surface area (Å²) < 4.78 is 17.7. The number of nitrogens with zero attached hydrogens (tertiary/aromatic N) is 4. The number of ether oxygens (including phenoxy) is 3. The van der Waals surface area contributed by atoms with E-state index in [2.05, 4.69) is 20.5 Å². The molecule has 1 aromatic carbocycles. The number of hydrogen-bond donors (Lipinski definition) is 1. The molecule has 0 atom stereocenters. The van der Waals surface area contributed by atoms with Crippen LogP contribution in [-0.4, -0.2) is 59.3 Å². The van der Waals surface area contributed by atoms with E-state index in [1.807, 2.05) is 16.7 Å². The minimum absolute atomic E-state index is 0.175. The normalized spacial score (nSPS) is 10.7. The number of carbonyl (C=O) groups excluding carboxylic acids is 1. The number of hydrogen-bond acceptors (Lipinski definition) is 8. The van der Waals surface area contributed by atoms with Crippen molar-refractivity contribution in [2.24, 2.45) is 0 Å². The van der Waals surface area contributed by atoms with Gasteiger partial charge in [0.2, 0.25) is 5.91 Å². The first-order valence-electron chi connectivity index (χ1n) is 9.63. The number of nitrogens with one attached hydrogen (secondary N) is 1. The van der Waals surface area contributed by atoms with Crippen molar-refractivity contribution in [2.45, 2.75) is 18.1 Å². The second kappa shape index (κ2) is 11.3. The molecule has 10 heteroatoms. The third kappa shape index (κ3) is 5.96. The van der Waals surface area contributed by atoms with Crippen molar-refractivity contribution in [1.29, 1.82) is 0 Å². The molecule has 3 aromatic rings. The molecule has 0 radical (unpaired) electrons. The van der Waals surface area contributed by atoms with Gasteiger partial charge in [0.05, 0.1) is 25.7 Å². The summed E-state index contributed by atoms with van der Waals surface area (Å²) in [7, 11) is 4.79. The van der Waals surface area contributed by atoms with Crippen molar-refractivity contribution >= 4 is 23.4 Å². The summed E-state index contributed by atoms with van der Waals surface area (Å²) in [6.07, 6.45) is 4.23. The van der Waals surface area contributed by atoms with Gasteiger partial charge in [0.25, 0.3) is 0 Å². The zero-order chi connectivity index (χ0) is 22.1. The van der Waals surface area contributed by atoms with Crippen LogP contribution in [0.5, 0.6) is 11.5 Å². The van der Waals surface area contributed by atoms with Gasteiger partial charge in [-0.2, -0.15) is 0 Å². The van der Waals surface area contributed by atoms with Gasteiger partial charge in [0.15, 0.2) is 11.0 Å². The Kier molecular flexibility index (Phi) is 8.25. The van der Waals surface area contributed by atoms with E-state index in [-0.39, 0.29) is 11.7 Å². The number of amides is 1. The number of carbonyl (C=O) groups is 1. The standard InChI is InChI=1S/C21H25N5O4S/c1-28-12-4-11-26-20(15-7-9-22-10-8-15)24-25-21(26)31-14-19(27)23-17-6-5-16(29-2)13-18(17)30-3/h5-10,13H,4,11-12,14H2,1-3H3,(H,23,27). The molecule has 1 amide bonds. The van der Waals surface area contributed by atoms with Crippen LogP contribution in [-0.2, 0) is 16.1 Å². The van der Waals surface area contributed by atoms with Crippen LogP contribution in [0.2, 0.25) is 0 Å². The lowest BCUT2D eigenvalue weighted by Crippen LogP contribution is -2.15. The summed E-state index contributed by atoms with van der Waals surface area (Å²) in [6, 6.07) is 8.99. The second-order valence-corrected chi connectivity index (χ2v) is 7.39. The van der Waals surface area contributed by atoms with E-state index in [1.165, 1.54) is 11.8 Å². The van der Waals surface area contributed by atoms with Crippen LogP contribution >= 0.6 is 11.8 Å². The van der Waals surface area contributed by atoms with Crippen LogP contribution in [0.25, 0.3) is 11.4 Å². The Morgan fingerprint density at radius 1 is 1.10 bits per heavy atom. The van der Waals surface area contributed by atoms with E-state index in [0.29, 0.717) is 35.5 Å². The Bertz CT molecular complexity index is 997. The molecule has 0 saturated carbocycles. The fourth-order valence-corrected chi connectivity index (χ4v) is 3.66. The van der Waals surface area contributed by atoms with Crippen molar-refractivity contribution in [3.8, 4) is 22.9 Å². The van der Waals surface area contributed by atoms with Gasteiger partial charge in [-0.15, -0.1) is 10.2 Å². The van der Waals surface area contributed by atoms with Crippen LogP contribution in [0.1, 0.15) is 6.42 Å². The van der Waals surface area contributed by atoms with E-state index in [1.54, 1.807) is 51.9 Å². The molecule has 0 spiro atoms. The molecule has 2 heterocycles. The highest BCUT2D eigenvalue weighted by atomic mass is 32.2. The van der Waals surface area contributed by atoms with Gasteiger partial charge < -0.3 is 24.1 Å². The molecule has 1 N–H and O–H groups in total. The minimum atomic E-state index is -0.176. The lowest BCUT2D eigenvalue weighted by Gasteiger charge is -2.12. The van der Waals surface area contributed by atoms with Crippen molar-refractivity contribution in [3.63, 3.8) is 0 Å². The van der Waals surface area contributed by atoms with Crippen LogP contribution in [0, 0.1) is 0 Å². The zero-order valence-corrected chi connectivity index (χ0v) is 18.5. The minimum Gasteiger partial charge on any atom is -0.497 e. The maximum absolute atomic E-state index is 12.6. The number of aromatic nitrogens is 4. The number of benzene rings is 1. The second-order valence-electron chi connectivity index (χ2n) is 6.44. The number of rotatable bonds is 11. The van der Waals surface area contributed by atoms with Gasteiger partial charge in [-0.3, -0.25) is 9.78 Å². The quantitative estimate of drug-likeness (QED) is 0.356. The van der Waals surface area contributed by atoms with Gasteiger partial charge in [0.1, 0.15) is 11.5 Å². The third-order valence-electron chi connectivity index (χ3n) is 4.40. The van der Waals surface area contributed by atoms with Crippen molar-refractivity contribution in [2.75, 3.05) is 39.0 Å². The van der Waals surface area contributed by atoms with Gasteiger partial charge in [-0.1, -0.05) is 11.8 Å². The van der Waals surface area contributed by atoms with Crippen LogP contribution < -0.4 is 14.8 Å². The van der Waals surface area contributed by atoms with Crippen molar-refractivity contribution in [3.05, 3.63) is 42.7 Å².